The third-order valence-corrected chi connectivity index (χ3v) is 12.1. The van der Waals surface area contributed by atoms with Crippen molar-refractivity contribution in [1.82, 2.24) is 4.57 Å². The summed E-state index contributed by atoms with van der Waals surface area (Å²) in [6, 6.07) is 0. The molecule has 17 heteroatoms. The molecule has 4 aromatic carbocycles. The van der Waals surface area contributed by atoms with E-state index >= 15 is 0 Å². The highest BCUT2D eigenvalue weighted by atomic mass is 15.0. The maximum atomic E-state index is 2.67. The number of nitrogens with zero attached hydrogens (tertiary/aromatic N) is 1. The first-order valence-corrected chi connectivity index (χ1v) is 15.7. The Bertz CT molecular complexity index is 1920. The smallest absolute Gasteiger partial charge is 0.141 e. The Morgan fingerprint density at radius 3 is 0.929 bits per heavy atom. The van der Waals surface area contributed by atoms with Gasteiger partial charge in [0.2, 0.25) is 0 Å². The lowest BCUT2D eigenvalue weighted by molar-refractivity contribution is 1.22. The van der Waals surface area contributed by atoms with E-state index in [9.17, 15) is 0 Å². The molecule has 0 saturated heterocycles. The molecule has 1 aromatic heterocycles. The van der Waals surface area contributed by atoms with E-state index in [0.717, 1.165) is 0 Å². The maximum absolute atomic E-state index is 2.67. The minimum Gasteiger partial charge on any atom is -0.312 e. The van der Waals surface area contributed by atoms with Crippen LogP contribution < -0.4 is 87.4 Å². The van der Waals surface area contributed by atoms with Gasteiger partial charge in [-0.3, -0.25) is 0 Å². The predicted octanol–water partition coefficient (Wildman–Crippen LogP) is -21.1. The number of benzene rings is 4. The highest BCUT2D eigenvalue weighted by Gasteiger charge is 2.27. The second-order valence-electron chi connectivity index (χ2n) is 13.5. The molecule has 0 bridgehead atoms. The largest absolute Gasteiger partial charge is 0.312 e. The predicted molar refractivity (Wildman–Crippen MR) is 242 cm³/mol. The first-order valence-electron chi connectivity index (χ1n) is 15.7. The minimum absolute atomic E-state index is 1.36. The standard InChI is InChI=1S/C25H35B16N/c1-2-7(26)9(28)3(10(29)8(2)27)4-11(30)19(38)25(20(39)12(4)31)42-23-5(13(32)15(34)17(36)21(23)40)6-14(33)16(35)18(37)22(41)24(6)42/h26-41H2,1H3. The van der Waals surface area contributed by atoms with Crippen LogP contribution in [0.5, 0.6) is 0 Å². The number of rotatable bonds is 2. The highest BCUT2D eigenvalue weighted by Crippen LogP contribution is 2.25. The molecule has 42 heavy (non-hydrogen) atoms. The number of hydrogen-bond acceptors (Lipinski definition) is 0. The quantitative estimate of drug-likeness (QED) is 0.203. The molecular weight excluding hydrogens is 487 g/mol. The molecule has 5 aromatic rings. The number of aromatic nitrogens is 1. The molecular formula is C25H35B16N. The molecule has 5 rings (SSSR count). The first kappa shape index (κ1) is 31.2. The molecule has 0 aliphatic heterocycles. The van der Waals surface area contributed by atoms with E-state index in [2.05, 4.69) is 137 Å². The van der Waals surface area contributed by atoms with Crippen molar-refractivity contribution >= 4 is 235 Å². The summed E-state index contributed by atoms with van der Waals surface area (Å²) in [5, 5.41) is 2.87. The average molecular weight is 523 g/mol. The molecule has 0 amide bonds. The van der Waals surface area contributed by atoms with Crippen molar-refractivity contribution in [2.24, 2.45) is 0 Å². The topological polar surface area (TPSA) is 4.93 Å². The van der Waals surface area contributed by atoms with E-state index in [-0.39, 0.29) is 0 Å². The summed E-state index contributed by atoms with van der Waals surface area (Å²) in [7, 11) is 37.3. The van der Waals surface area contributed by atoms with Gasteiger partial charge in [0, 0.05) is 16.7 Å². The summed E-state index contributed by atoms with van der Waals surface area (Å²) in [5.41, 5.74) is 30.9. The fraction of sp³-hybridized carbons (Fsp3) is 0.0400. The van der Waals surface area contributed by atoms with Crippen LogP contribution >= 0.6 is 0 Å². The van der Waals surface area contributed by atoms with Gasteiger partial charge in [0.1, 0.15) is 126 Å². The van der Waals surface area contributed by atoms with Gasteiger partial charge in [0.25, 0.3) is 0 Å². The fourth-order valence-electron chi connectivity index (χ4n) is 7.97. The van der Waals surface area contributed by atoms with Gasteiger partial charge < -0.3 is 4.57 Å². The van der Waals surface area contributed by atoms with Crippen molar-refractivity contribution in [3.05, 3.63) is 5.56 Å². The SMILES string of the molecule is Bc1c(B)c(-c2c(B)c(B)c(-n3c4c(B)c(B)c(B)c(B)c4c4c(B)c(B)c(B)c(B)c43)c(B)c2B)c(B)c(B)c1C. The van der Waals surface area contributed by atoms with Crippen LogP contribution in [0.3, 0.4) is 0 Å². The third-order valence-electron chi connectivity index (χ3n) is 12.1. The maximum Gasteiger partial charge on any atom is 0.141 e. The molecule has 0 spiro atoms. The summed E-state index contributed by atoms with van der Waals surface area (Å²) < 4.78 is 2.67. The molecule has 0 fully saturated rings. The second kappa shape index (κ2) is 10.4. The normalized spacial score (nSPS) is 11.5. The van der Waals surface area contributed by atoms with Gasteiger partial charge in [-0.15, -0.1) is 10.9 Å². The molecule has 188 valence electrons. The van der Waals surface area contributed by atoms with Gasteiger partial charge >= 0.3 is 0 Å². The van der Waals surface area contributed by atoms with Crippen LogP contribution in [-0.2, 0) is 0 Å². The Labute approximate surface area is 267 Å². The van der Waals surface area contributed by atoms with Crippen molar-refractivity contribution in [3.8, 4) is 16.8 Å². The van der Waals surface area contributed by atoms with E-state index in [1.54, 1.807) is 0 Å². The lowest BCUT2D eigenvalue weighted by atomic mass is 9.58. The lowest BCUT2D eigenvalue weighted by Crippen LogP contribution is -2.52. The Balaban J connectivity index is 2.08. The van der Waals surface area contributed by atoms with Crippen molar-refractivity contribution < 1.29 is 0 Å². The fourth-order valence-corrected chi connectivity index (χ4v) is 7.97. The Kier molecular flexibility index (Phi) is 7.73. The van der Waals surface area contributed by atoms with E-state index in [1.165, 1.54) is 132 Å². The molecule has 0 aliphatic carbocycles. The van der Waals surface area contributed by atoms with Crippen molar-refractivity contribution in [1.29, 1.82) is 0 Å². The lowest BCUT2D eigenvalue weighted by Gasteiger charge is -2.28. The van der Waals surface area contributed by atoms with Gasteiger partial charge in [-0.1, -0.05) is 82.0 Å². The van der Waals surface area contributed by atoms with Gasteiger partial charge in [0.15, 0.2) is 0 Å². The summed E-state index contributed by atoms with van der Waals surface area (Å²) in [6.45, 7) is 2.28. The summed E-state index contributed by atoms with van der Waals surface area (Å²) in [6.07, 6.45) is 0. The molecule has 1 heterocycles. The summed E-state index contributed by atoms with van der Waals surface area (Å²) in [5.74, 6) is 0. The van der Waals surface area contributed by atoms with Crippen molar-refractivity contribution in [2.45, 2.75) is 6.92 Å². The van der Waals surface area contributed by atoms with Crippen LogP contribution in [0.15, 0.2) is 0 Å². The zero-order valence-corrected chi connectivity index (χ0v) is 29.4. The first-order chi connectivity index (χ1) is 19.5. The second-order valence-corrected chi connectivity index (χ2v) is 13.5. The van der Waals surface area contributed by atoms with E-state index in [1.807, 2.05) is 0 Å². The van der Waals surface area contributed by atoms with Gasteiger partial charge in [-0.05, 0) is 28.8 Å². The Hall–Kier alpha value is -2.28. The average Bonchev–Trinajstić information content (AvgIpc) is 3.31. The zero-order valence-electron chi connectivity index (χ0n) is 29.4. The number of fused-ring (bicyclic) bond motifs is 3. The molecule has 1 nitrogen and oxygen atoms in total. The monoisotopic (exact) mass is 525 g/mol. The van der Waals surface area contributed by atoms with E-state index < -0.39 is 0 Å². The Morgan fingerprint density at radius 1 is 0.310 bits per heavy atom. The van der Waals surface area contributed by atoms with Gasteiger partial charge in [0.05, 0.1) is 0 Å². The molecule has 0 aliphatic rings. The van der Waals surface area contributed by atoms with Gasteiger partial charge in [-0.25, -0.2) is 0 Å². The van der Waals surface area contributed by atoms with Crippen LogP contribution in [0.2, 0.25) is 0 Å². The molecule has 0 unspecified atom stereocenters. The molecule has 0 radical (unpaired) electrons. The van der Waals surface area contributed by atoms with Crippen LogP contribution in [0.4, 0.5) is 0 Å². The van der Waals surface area contributed by atoms with Crippen LogP contribution in [0.25, 0.3) is 38.6 Å². The van der Waals surface area contributed by atoms with Crippen molar-refractivity contribution in [3.63, 3.8) is 0 Å². The van der Waals surface area contributed by atoms with Crippen molar-refractivity contribution in [2.75, 3.05) is 0 Å². The molecule has 0 saturated carbocycles. The summed E-state index contributed by atoms with van der Waals surface area (Å²) >= 11 is 0. The zero-order chi connectivity index (χ0) is 31.4. The molecule has 0 N–H and O–H groups in total. The van der Waals surface area contributed by atoms with Crippen LogP contribution in [-0.4, -0.2) is 130 Å². The third kappa shape index (κ3) is 3.93. The highest BCUT2D eigenvalue weighted by molar-refractivity contribution is 6.72. The van der Waals surface area contributed by atoms with Crippen LogP contribution in [0.1, 0.15) is 5.56 Å². The molecule has 0 atom stereocenters. The minimum atomic E-state index is 1.36. The van der Waals surface area contributed by atoms with Crippen LogP contribution in [0, 0.1) is 6.92 Å². The summed E-state index contributed by atoms with van der Waals surface area (Å²) in [4.78, 5) is 0. The van der Waals surface area contributed by atoms with E-state index in [0.29, 0.717) is 0 Å². The number of hydrogen-bond donors (Lipinski definition) is 0. The van der Waals surface area contributed by atoms with Gasteiger partial charge in [-0.2, -0.15) is 0 Å². The van der Waals surface area contributed by atoms with E-state index in [4.69, 9.17) is 0 Å². The Morgan fingerprint density at radius 2 is 0.595 bits per heavy atom.